The van der Waals surface area contributed by atoms with Gasteiger partial charge in [0.15, 0.2) is 0 Å². The third kappa shape index (κ3) is 3.68. The molecule has 3 aromatic heterocycles. The predicted octanol–water partition coefficient (Wildman–Crippen LogP) is 0.428. The summed E-state index contributed by atoms with van der Waals surface area (Å²) in [7, 11) is 1.52. The first-order chi connectivity index (χ1) is 14.1. The Morgan fingerprint density at radius 2 is 2.03 bits per heavy atom. The number of carbonyl (C=O) groups is 1. The molecule has 1 saturated heterocycles. The number of rotatable bonds is 3. The van der Waals surface area contributed by atoms with Crippen LogP contribution in [0.15, 0.2) is 41.5 Å². The molecule has 4 rings (SSSR count). The van der Waals surface area contributed by atoms with Crippen molar-refractivity contribution in [1.82, 2.24) is 24.3 Å². The molecule has 1 aliphatic heterocycles. The Balaban J connectivity index is 1.54. The number of pyridine rings is 1. The van der Waals surface area contributed by atoms with Gasteiger partial charge in [-0.3, -0.25) is 14.0 Å². The second kappa shape index (κ2) is 7.74. The average molecular weight is 395 g/mol. The standard InChI is InChI=1S/C19H21N7O3/c1-29-16-11-15(22-19(20)23-16)24-6-4-7-25(10-9-24)17(27)13-12-21-14-5-2-3-8-26(14)18(13)28/h2-3,5,8,11-12H,4,6-7,9-10H2,1H3,(H2,20,22,23). The third-order valence-electron chi connectivity index (χ3n) is 4.87. The maximum Gasteiger partial charge on any atom is 0.270 e. The van der Waals surface area contributed by atoms with Gasteiger partial charge in [0.2, 0.25) is 11.8 Å². The number of nitrogens with two attached hydrogens (primary N) is 1. The lowest BCUT2D eigenvalue weighted by molar-refractivity contribution is 0.0764. The van der Waals surface area contributed by atoms with E-state index in [2.05, 4.69) is 15.0 Å². The quantitative estimate of drug-likeness (QED) is 0.678. The second-order valence-electron chi connectivity index (χ2n) is 6.67. The average Bonchev–Trinajstić information content (AvgIpc) is 2.99. The van der Waals surface area contributed by atoms with Crippen LogP contribution in [0.3, 0.4) is 0 Å². The van der Waals surface area contributed by atoms with Crippen molar-refractivity contribution in [3.63, 3.8) is 0 Å². The molecule has 29 heavy (non-hydrogen) atoms. The van der Waals surface area contributed by atoms with Crippen LogP contribution in [0.1, 0.15) is 16.8 Å². The Kier molecular flexibility index (Phi) is 4.98. The number of methoxy groups -OCH3 is 1. The first-order valence-electron chi connectivity index (χ1n) is 9.26. The highest BCUT2D eigenvalue weighted by Gasteiger charge is 2.24. The number of fused-ring (bicyclic) bond motifs is 1. The summed E-state index contributed by atoms with van der Waals surface area (Å²) in [5.41, 5.74) is 5.96. The summed E-state index contributed by atoms with van der Waals surface area (Å²) >= 11 is 0. The molecule has 1 amide bonds. The molecule has 3 aromatic rings. The van der Waals surface area contributed by atoms with E-state index in [9.17, 15) is 9.59 Å². The number of hydrogen-bond acceptors (Lipinski definition) is 8. The van der Waals surface area contributed by atoms with Gasteiger partial charge in [-0.25, -0.2) is 4.98 Å². The van der Waals surface area contributed by atoms with E-state index < -0.39 is 0 Å². The minimum Gasteiger partial charge on any atom is -0.481 e. The van der Waals surface area contributed by atoms with Crippen molar-refractivity contribution in [2.45, 2.75) is 6.42 Å². The van der Waals surface area contributed by atoms with E-state index in [-0.39, 0.29) is 23.0 Å². The van der Waals surface area contributed by atoms with Gasteiger partial charge in [0.25, 0.3) is 11.5 Å². The van der Waals surface area contributed by atoms with E-state index in [1.807, 2.05) is 4.90 Å². The highest BCUT2D eigenvalue weighted by Crippen LogP contribution is 2.20. The Labute approximate surface area is 166 Å². The first-order valence-corrected chi connectivity index (χ1v) is 9.26. The summed E-state index contributed by atoms with van der Waals surface area (Å²) in [5, 5.41) is 0. The van der Waals surface area contributed by atoms with Crippen LogP contribution in [0, 0.1) is 0 Å². The van der Waals surface area contributed by atoms with Gasteiger partial charge in [0, 0.05) is 44.6 Å². The zero-order valence-corrected chi connectivity index (χ0v) is 16.0. The largest absolute Gasteiger partial charge is 0.481 e. The normalized spacial score (nSPS) is 14.7. The molecule has 0 saturated carbocycles. The smallest absolute Gasteiger partial charge is 0.270 e. The molecule has 0 aromatic carbocycles. The lowest BCUT2D eigenvalue weighted by Crippen LogP contribution is -2.38. The summed E-state index contributed by atoms with van der Waals surface area (Å²) in [6.45, 7) is 2.22. The van der Waals surface area contributed by atoms with Crippen LogP contribution < -0.4 is 20.9 Å². The molecule has 10 heteroatoms. The minimum atomic E-state index is -0.366. The lowest BCUT2D eigenvalue weighted by atomic mass is 10.2. The van der Waals surface area contributed by atoms with E-state index in [4.69, 9.17) is 10.5 Å². The third-order valence-corrected chi connectivity index (χ3v) is 4.87. The number of ether oxygens (including phenoxy) is 1. The molecule has 4 heterocycles. The van der Waals surface area contributed by atoms with E-state index in [1.165, 1.54) is 17.7 Å². The van der Waals surface area contributed by atoms with Crippen LogP contribution in [-0.2, 0) is 0 Å². The Morgan fingerprint density at radius 3 is 2.86 bits per heavy atom. The Morgan fingerprint density at radius 1 is 1.17 bits per heavy atom. The molecule has 1 aliphatic rings. The van der Waals surface area contributed by atoms with Gasteiger partial charge in [0.05, 0.1) is 7.11 Å². The van der Waals surface area contributed by atoms with Crippen molar-refractivity contribution < 1.29 is 9.53 Å². The number of carbonyl (C=O) groups excluding carboxylic acids is 1. The maximum atomic E-state index is 13.0. The van der Waals surface area contributed by atoms with Crippen LogP contribution in [0.25, 0.3) is 5.65 Å². The number of aromatic nitrogens is 4. The molecule has 0 aliphatic carbocycles. The van der Waals surface area contributed by atoms with E-state index >= 15 is 0 Å². The summed E-state index contributed by atoms with van der Waals surface area (Å²) in [6, 6.07) is 6.96. The molecule has 0 atom stereocenters. The second-order valence-corrected chi connectivity index (χ2v) is 6.67. The summed E-state index contributed by atoms with van der Waals surface area (Å²) < 4.78 is 6.54. The van der Waals surface area contributed by atoms with Gasteiger partial charge in [-0.05, 0) is 18.6 Å². The predicted molar refractivity (Wildman–Crippen MR) is 107 cm³/mol. The van der Waals surface area contributed by atoms with Crippen molar-refractivity contribution in [3.05, 3.63) is 52.6 Å². The van der Waals surface area contributed by atoms with Gasteiger partial charge in [0.1, 0.15) is 17.0 Å². The number of nitrogens with zero attached hydrogens (tertiary/aromatic N) is 6. The van der Waals surface area contributed by atoms with Gasteiger partial charge in [-0.2, -0.15) is 9.97 Å². The van der Waals surface area contributed by atoms with E-state index in [0.717, 1.165) is 6.42 Å². The van der Waals surface area contributed by atoms with Crippen molar-refractivity contribution >= 4 is 23.3 Å². The molecule has 0 unspecified atom stereocenters. The fourth-order valence-electron chi connectivity index (χ4n) is 3.39. The monoisotopic (exact) mass is 395 g/mol. The summed E-state index contributed by atoms with van der Waals surface area (Å²) in [6.07, 6.45) is 3.69. The zero-order valence-electron chi connectivity index (χ0n) is 16.0. The molecule has 150 valence electrons. The van der Waals surface area contributed by atoms with Crippen LogP contribution in [0.5, 0.6) is 5.88 Å². The van der Waals surface area contributed by atoms with Crippen LogP contribution in [-0.4, -0.2) is 63.4 Å². The van der Waals surface area contributed by atoms with E-state index in [0.29, 0.717) is 43.5 Å². The minimum absolute atomic E-state index is 0.0649. The maximum absolute atomic E-state index is 13.0. The van der Waals surface area contributed by atoms with Crippen LogP contribution in [0.2, 0.25) is 0 Å². The lowest BCUT2D eigenvalue weighted by Gasteiger charge is -2.23. The molecular weight excluding hydrogens is 374 g/mol. The molecular formula is C19H21N7O3. The molecule has 0 spiro atoms. The Hall–Kier alpha value is -3.69. The van der Waals surface area contributed by atoms with E-state index in [1.54, 1.807) is 35.4 Å². The van der Waals surface area contributed by atoms with Crippen LogP contribution in [0.4, 0.5) is 11.8 Å². The highest BCUT2D eigenvalue weighted by molar-refractivity contribution is 5.93. The molecule has 10 nitrogen and oxygen atoms in total. The molecule has 0 bridgehead atoms. The van der Waals surface area contributed by atoms with Crippen molar-refractivity contribution in [1.29, 1.82) is 0 Å². The topological polar surface area (TPSA) is 119 Å². The SMILES string of the molecule is COc1cc(N2CCCN(C(=O)c3cnc4ccccn4c3=O)CC2)nc(N)n1. The number of anilines is 2. The fraction of sp³-hybridized carbons (Fsp3) is 0.316. The molecule has 2 N–H and O–H groups in total. The highest BCUT2D eigenvalue weighted by atomic mass is 16.5. The van der Waals surface area contributed by atoms with Gasteiger partial charge >= 0.3 is 0 Å². The Bertz CT molecular complexity index is 1110. The van der Waals surface area contributed by atoms with Gasteiger partial charge in [-0.1, -0.05) is 6.07 Å². The molecule has 1 fully saturated rings. The summed E-state index contributed by atoms with van der Waals surface area (Å²) in [4.78, 5) is 41.9. The van der Waals surface area contributed by atoms with Crippen LogP contribution >= 0.6 is 0 Å². The molecule has 0 radical (unpaired) electrons. The zero-order chi connectivity index (χ0) is 20.4. The van der Waals surface area contributed by atoms with Gasteiger partial charge in [-0.15, -0.1) is 0 Å². The van der Waals surface area contributed by atoms with Crippen molar-refractivity contribution in [2.24, 2.45) is 0 Å². The van der Waals surface area contributed by atoms with Gasteiger partial charge < -0.3 is 20.3 Å². The first kappa shape index (κ1) is 18.7. The summed E-state index contributed by atoms with van der Waals surface area (Å²) in [5.74, 6) is 0.852. The fourth-order valence-corrected chi connectivity index (χ4v) is 3.39. The number of amides is 1. The van der Waals surface area contributed by atoms with Crippen molar-refractivity contribution in [2.75, 3.05) is 43.9 Å². The number of hydrogen-bond donors (Lipinski definition) is 1. The van der Waals surface area contributed by atoms with Crippen molar-refractivity contribution in [3.8, 4) is 5.88 Å². The number of nitrogen functional groups attached to an aromatic ring is 1.